The average molecular weight is 316 g/mol. The van der Waals surface area contributed by atoms with Crippen molar-refractivity contribution in [3.05, 3.63) is 21.3 Å². The SMILES string of the molecule is CCC(N)C(OC1CC(C)CC(C)C1)c1ccc(Cl)s1. The van der Waals surface area contributed by atoms with Gasteiger partial charge in [-0.3, -0.25) is 0 Å². The minimum Gasteiger partial charge on any atom is -0.368 e. The van der Waals surface area contributed by atoms with Gasteiger partial charge < -0.3 is 10.5 Å². The summed E-state index contributed by atoms with van der Waals surface area (Å²) in [5, 5.41) is 0. The lowest BCUT2D eigenvalue weighted by atomic mass is 9.81. The molecule has 4 atom stereocenters. The lowest BCUT2D eigenvalue weighted by molar-refractivity contribution is -0.0595. The van der Waals surface area contributed by atoms with E-state index in [4.69, 9.17) is 22.1 Å². The largest absolute Gasteiger partial charge is 0.368 e. The number of nitrogens with two attached hydrogens (primary N) is 1. The summed E-state index contributed by atoms with van der Waals surface area (Å²) in [4.78, 5) is 1.16. The third kappa shape index (κ3) is 4.20. The molecule has 1 saturated carbocycles. The van der Waals surface area contributed by atoms with Gasteiger partial charge >= 0.3 is 0 Å². The molecule has 0 radical (unpaired) electrons. The summed E-state index contributed by atoms with van der Waals surface area (Å²) in [6, 6.07) is 4.03. The van der Waals surface area contributed by atoms with Gasteiger partial charge in [-0.15, -0.1) is 11.3 Å². The molecular weight excluding hydrogens is 290 g/mol. The minimum atomic E-state index is -0.0139. The maximum atomic E-state index is 6.41. The lowest BCUT2D eigenvalue weighted by Gasteiger charge is -2.35. The molecule has 0 aromatic carbocycles. The predicted octanol–water partition coefficient (Wildman–Crippen LogP) is 5.02. The van der Waals surface area contributed by atoms with Gasteiger partial charge in [0.05, 0.1) is 10.4 Å². The van der Waals surface area contributed by atoms with Crippen LogP contribution in [0.5, 0.6) is 0 Å². The molecule has 1 aromatic heterocycles. The Bertz CT molecular complexity index is 412. The van der Waals surface area contributed by atoms with Crippen molar-refractivity contribution in [2.45, 2.75) is 64.7 Å². The van der Waals surface area contributed by atoms with Crippen LogP contribution in [0.15, 0.2) is 12.1 Å². The van der Waals surface area contributed by atoms with Crippen molar-refractivity contribution in [1.29, 1.82) is 0 Å². The molecule has 2 rings (SSSR count). The lowest BCUT2D eigenvalue weighted by Crippen LogP contribution is -2.35. The second kappa shape index (κ2) is 7.26. The number of rotatable bonds is 5. The van der Waals surface area contributed by atoms with E-state index in [1.54, 1.807) is 11.3 Å². The molecular formula is C16H26ClNOS. The molecule has 1 aliphatic rings. The Balaban J connectivity index is 2.08. The molecule has 0 saturated heterocycles. The van der Waals surface area contributed by atoms with Gasteiger partial charge in [-0.05, 0) is 49.7 Å². The average Bonchev–Trinajstić information content (AvgIpc) is 2.80. The first kappa shape index (κ1) is 16.3. The van der Waals surface area contributed by atoms with E-state index in [0.29, 0.717) is 6.10 Å². The molecule has 0 spiro atoms. The summed E-state index contributed by atoms with van der Waals surface area (Å²) in [7, 11) is 0. The fourth-order valence-electron chi connectivity index (χ4n) is 3.27. The smallest absolute Gasteiger partial charge is 0.107 e. The quantitative estimate of drug-likeness (QED) is 0.828. The summed E-state index contributed by atoms with van der Waals surface area (Å²) in [5.41, 5.74) is 6.28. The van der Waals surface area contributed by atoms with Crippen LogP contribution in [-0.4, -0.2) is 12.1 Å². The molecule has 0 amide bonds. The Morgan fingerprint density at radius 1 is 1.30 bits per heavy atom. The highest BCUT2D eigenvalue weighted by Gasteiger charge is 2.30. The molecule has 0 bridgehead atoms. The van der Waals surface area contributed by atoms with E-state index in [1.165, 1.54) is 6.42 Å². The molecule has 2 nitrogen and oxygen atoms in total. The summed E-state index contributed by atoms with van der Waals surface area (Å²) in [6.45, 7) is 6.76. The molecule has 0 aliphatic heterocycles. The van der Waals surface area contributed by atoms with Crippen molar-refractivity contribution in [3.63, 3.8) is 0 Å². The van der Waals surface area contributed by atoms with Gasteiger partial charge in [0.25, 0.3) is 0 Å². The maximum absolute atomic E-state index is 6.41. The van der Waals surface area contributed by atoms with Crippen LogP contribution >= 0.6 is 22.9 Å². The summed E-state index contributed by atoms with van der Waals surface area (Å²) in [5.74, 6) is 1.49. The van der Waals surface area contributed by atoms with E-state index in [0.717, 1.165) is 40.3 Å². The van der Waals surface area contributed by atoms with Gasteiger partial charge in [-0.2, -0.15) is 0 Å². The van der Waals surface area contributed by atoms with Crippen LogP contribution in [0.25, 0.3) is 0 Å². The van der Waals surface area contributed by atoms with E-state index < -0.39 is 0 Å². The molecule has 20 heavy (non-hydrogen) atoms. The van der Waals surface area contributed by atoms with E-state index in [2.05, 4.69) is 26.8 Å². The second-order valence-corrected chi connectivity index (χ2v) is 8.06. The summed E-state index contributed by atoms with van der Waals surface area (Å²) < 4.78 is 7.22. The second-order valence-electron chi connectivity index (χ2n) is 6.31. The zero-order valence-electron chi connectivity index (χ0n) is 12.6. The zero-order valence-corrected chi connectivity index (χ0v) is 14.2. The highest BCUT2D eigenvalue weighted by molar-refractivity contribution is 7.16. The van der Waals surface area contributed by atoms with E-state index in [1.807, 2.05) is 6.07 Å². The Morgan fingerprint density at radius 2 is 1.95 bits per heavy atom. The zero-order chi connectivity index (χ0) is 14.7. The van der Waals surface area contributed by atoms with Gasteiger partial charge in [0, 0.05) is 10.9 Å². The van der Waals surface area contributed by atoms with Gasteiger partial charge in [0.1, 0.15) is 6.10 Å². The van der Waals surface area contributed by atoms with Crippen LogP contribution in [0.2, 0.25) is 4.34 Å². The van der Waals surface area contributed by atoms with Gasteiger partial charge in [0.15, 0.2) is 0 Å². The van der Waals surface area contributed by atoms with Crippen LogP contribution in [0.3, 0.4) is 0 Å². The summed E-state index contributed by atoms with van der Waals surface area (Å²) >= 11 is 7.65. The van der Waals surface area contributed by atoms with Crippen LogP contribution in [0.4, 0.5) is 0 Å². The molecule has 4 heteroatoms. The normalized spacial score (nSPS) is 30.1. The van der Waals surface area contributed by atoms with Crippen molar-refractivity contribution in [2.24, 2.45) is 17.6 Å². The third-order valence-corrected chi connectivity index (χ3v) is 5.50. The Kier molecular flexibility index (Phi) is 5.91. The molecule has 2 N–H and O–H groups in total. The number of halogens is 1. The number of thiophene rings is 1. The van der Waals surface area contributed by atoms with Crippen LogP contribution in [-0.2, 0) is 4.74 Å². The first-order chi connectivity index (χ1) is 9.49. The van der Waals surface area contributed by atoms with Crippen molar-refractivity contribution in [1.82, 2.24) is 0 Å². The van der Waals surface area contributed by atoms with Crippen LogP contribution in [0, 0.1) is 11.8 Å². The fourth-order valence-corrected chi connectivity index (χ4v) is 4.44. The first-order valence-electron chi connectivity index (χ1n) is 7.65. The van der Waals surface area contributed by atoms with Crippen molar-refractivity contribution in [2.75, 3.05) is 0 Å². The number of ether oxygens (including phenoxy) is 1. The Hall–Kier alpha value is -0.0900. The number of hydrogen-bond donors (Lipinski definition) is 1. The van der Waals surface area contributed by atoms with Crippen molar-refractivity contribution < 1.29 is 4.74 Å². The minimum absolute atomic E-state index is 0.0139. The fraction of sp³-hybridized carbons (Fsp3) is 0.750. The Labute approximate surface area is 131 Å². The highest BCUT2D eigenvalue weighted by atomic mass is 35.5. The predicted molar refractivity (Wildman–Crippen MR) is 87.4 cm³/mol. The summed E-state index contributed by atoms with van der Waals surface area (Å²) in [6.07, 6.45) is 4.84. The molecule has 4 unspecified atom stereocenters. The van der Waals surface area contributed by atoms with Crippen LogP contribution in [0.1, 0.15) is 57.4 Å². The maximum Gasteiger partial charge on any atom is 0.107 e. The van der Waals surface area contributed by atoms with E-state index in [-0.39, 0.29) is 12.1 Å². The monoisotopic (exact) mass is 315 g/mol. The van der Waals surface area contributed by atoms with Gasteiger partial charge in [0.2, 0.25) is 0 Å². The topological polar surface area (TPSA) is 35.2 Å². The van der Waals surface area contributed by atoms with E-state index >= 15 is 0 Å². The molecule has 114 valence electrons. The first-order valence-corrected chi connectivity index (χ1v) is 8.85. The standard InChI is InChI=1S/C16H26ClNOS/c1-4-13(18)16(14-5-6-15(17)20-14)19-12-8-10(2)7-11(3)9-12/h5-6,10-13,16H,4,7-9,18H2,1-3H3. The molecule has 1 aliphatic carbocycles. The number of hydrogen-bond acceptors (Lipinski definition) is 3. The Morgan fingerprint density at radius 3 is 2.45 bits per heavy atom. The van der Waals surface area contributed by atoms with Crippen molar-refractivity contribution >= 4 is 22.9 Å². The third-order valence-electron chi connectivity index (χ3n) is 4.21. The highest BCUT2D eigenvalue weighted by Crippen LogP contribution is 2.37. The van der Waals surface area contributed by atoms with Crippen LogP contribution < -0.4 is 5.73 Å². The van der Waals surface area contributed by atoms with E-state index in [9.17, 15) is 0 Å². The molecule has 1 aromatic rings. The molecule has 1 fully saturated rings. The van der Waals surface area contributed by atoms with Gasteiger partial charge in [-0.1, -0.05) is 32.4 Å². The molecule has 1 heterocycles. The van der Waals surface area contributed by atoms with Gasteiger partial charge in [-0.25, -0.2) is 0 Å². The van der Waals surface area contributed by atoms with Crippen molar-refractivity contribution in [3.8, 4) is 0 Å².